The van der Waals surface area contributed by atoms with Crippen LogP contribution in [-0.4, -0.2) is 25.5 Å². The van der Waals surface area contributed by atoms with E-state index in [1.807, 2.05) is 72.8 Å². The average molecular weight is 400 g/mol. The maximum Gasteiger partial charge on any atom is 0.258 e. The number of anilines is 2. The molecule has 0 aromatic heterocycles. The summed E-state index contributed by atoms with van der Waals surface area (Å²) in [6, 6.07) is 24.7. The van der Waals surface area contributed by atoms with Gasteiger partial charge in [0.2, 0.25) is 5.91 Å². The second kappa shape index (κ2) is 8.82. The van der Waals surface area contributed by atoms with E-state index in [0.717, 1.165) is 29.1 Å². The predicted octanol–water partition coefficient (Wildman–Crippen LogP) is 4.67. The number of carbonyl (C=O) groups excluding carboxylic acids is 2. The third-order valence-corrected chi connectivity index (χ3v) is 5.29. The first-order valence-corrected chi connectivity index (χ1v) is 10.1. The fourth-order valence-electron chi connectivity index (χ4n) is 3.69. The van der Waals surface area contributed by atoms with Crippen LogP contribution in [0.5, 0.6) is 5.75 Å². The number of hydrogen-bond acceptors (Lipinski definition) is 3. The Labute approximate surface area is 176 Å². The Hall–Kier alpha value is -3.60. The second-order valence-electron chi connectivity index (χ2n) is 7.27. The molecule has 1 fully saturated rings. The topological polar surface area (TPSA) is 49.9 Å². The van der Waals surface area contributed by atoms with Crippen LogP contribution in [0.2, 0.25) is 0 Å². The van der Waals surface area contributed by atoms with E-state index in [1.165, 1.54) is 0 Å². The van der Waals surface area contributed by atoms with E-state index in [4.69, 9.17) is 4.74 Å². The van der Waals surface area contributed by atoms with Crippen molar-refractivity contribution in [2.75, 3.05) is 23.5 Å². The van der Waals surface area contributed by atoms with Crippen LogP contribution in [0, 0.1) is 0 Å². The average Bonchev–Trinajstić information content (AvgIpc) is 3.24. The van der Waals surface area contributed by atoms with Crippen molar-refractivity contribution < 1.29 is 14.3 Å². The smallest absolute Gasteiger partial charge is 0.258 e. The molecule has 152 valence electrons. The molecule has 0 atom stereocenters. The molecule has 1 heterocycles. The third-order valence-electron chi connectivity index (χ3n) is 5.29. The fraction of sp³-hybridized carbons (Fsp3) is 0.200. The van der Waals surface area contributed by atoms with Crippen molar-refractivity contribution in [3.05, 3.63) is 90.0 Å². The summed E-state index contributed by atoms with van der Waals surface area (Å²) < 4.78 is 5.25. The minimum absolute atomic E-state index is 0.107. The molecule has 3 aromatic carbocycles. The Morgan fingerprint density at radius 3 is 2.43 bits per heavy atom. The van der Waals surface area contributed by atoms with Gasteiger partial charge in [-0.05, 0) is 54.4 Å². The van der Waals surface area contributed by atoms with Gasteiger partial charge in [0, 0.05) is 29.9 Å². The summed E-state index contributed by atoms with van der Waals surface area (Å²) in [7, 11) is 1.62. The van der Waals surface area contributed by atoms with Crippen molar-refractivity contribution in [3.8, 4) is 5.75 Å². The van der Waals surface area contributed by atoms with Gasteiger partial charge < -0.3 is 14.5 Å². The van der Waals surface area contributed by atoms with Crippen LogP contribution in [0.25, 0.3) is 0 Å². The number of nitrogens with zero attached hydrogens (tertiary/aromatic N) is 2. The first-order chi connectivity index (χ1) is 14.7. The van der Waals surface area contributed by atoms with Gasteiger partial charge in [-0.3, -0.25) is 9.59 Å². The van der Waals surface area contributed by atoms with Crippen LogP contribution in [0.1, 0.15) is 28.8 Å². The van der Waals surface area contributed by atoms with Gasteiger partial charge in [-0.1, -0.05) is 36.4 Å². The molecular formula is C25H24N2O3. The lowest BCUT2D eigenvalue weighted by Crippen LogP contribution is -2.31. The maximum atomic E-state index is 13.5. The maximum absolute atomic E-state index is 13.5. The van der Waals surface area contributed by atoms with Crippen LogP contribution < -0.4 is 14.5 Å². The molecule has 5 heteroatoms. The molecule has 5 nitrogen and oxygen atoms in total. The van der Waals surface area contributed by atoms with E-state index < -0.39 is 0 Å². The normalized spacial score (nSPS) is 13.4. The van der Waals surface area contributed by atoms with Gasteiger partial charge in [0.05, 0.1) is 13.7 Å². The number of ether oxygens (including phenoxy) is 1. The Kier molecular flexibility index (Phi) is 5.80. The lowest BCUT2D eigenvalue weighted by molar-refractivity contribution is -0.117. The fourth-order valence-corrected chi connectivity index (χ4v) is 3.69. The summed E-state index contributed by atoms with van der Waals surface area (Å²) in [5.41, 5.74) is 3.15. The number of hydrogen-bond donors (Lipinski definition) is 0. The minimum atomic E-state index is -0.113. The monoisotopic (exact) mass is 400 g/mol. The zero-order valence-electron chi connectivity index (χ0n) is 17.0. The second-order valence-corrected chi connectivity index (χ2v) is 7.27. The Morgan fingerprint density at radius 1 is 1.00 bits per heavy atom. The number of benzene rings is 3. The van der Waals surface area contributed by atoms with Crippen molar-refractivity contribution >= 4 is 23.2 Å². The molecular weight excluding hydrogens is 376 g/mol. The quantitative estimate of drug-likeness (QED) is 0.604. The summed E-state index contributed by atoms with van der Waals surface area (Å²) >= 11 is 0. The molecule has 0 saturated carbocycles. The summed E-state index contributed by atoms with van der Waals surface area (Å²) in [6.45, 7) is 1.14. The highest BCUT2D eigenvalue weighted by Crippen LogP contribution is 2.26. The summed E-state index contributed by atoms with van der Waals surface area (Å²) in [4.78, 5) is 29.2. The SMILES string of the molecule is COc1ccc(N(Cc2ccccc2)C(=O)c2cccc(N3CCCC3=O)c2)cc1. The van der Waals surface area contributed by atoms with Gasteiger partial charge in [-0.2, -0.15) is 0 Å². The molecule has 0 bridgehead atoms. The van der Waals surface area contributed by atoms with E-state index in [9.17, 15) is 9.59 Å². The zero-order chi connectivity index (χ0) is 20.9. The lowest BCUT2D eigenvalue weighted by atomic mass is 10.1. The van der Waals surface area contributed by atoms with Crippen molar-refractivity contribution in [2.24, 2.45) is 0 Å². The molecule has 1 saturated heterocycles. The molecule has 0 N–H and O–H groups in total. The molecule has 30 heavy (non-hydrogen) atoms. The minimum Gasteiger partial charge on any atom is -0.497 e. The van der Waals surface area contributed by atoms with Crippen molar-refractivity contribution in [1.82, 2.24) is 0 Å². The van der Waals surface area contributed by atoms with Gasteiger partial charge in [0.1, 0.15) is 5.75 Å². The predicted molar refractivity (Wildman–Crippen MR) is 118 cm³/mol. The van der Waals surface area contributed by atoms with Crippen molar-refractivity contribution in [1.29, 1.82) is 0 Å². The molecule has 0 unspecified atom stereocenters. The van der Waals surface area contributed by atoms with E-state index in [0.29, 0.717) is 25.1 Å². The number of carbonyl (C=O) groups is 2. The van der Waals surface area contributed by atoms with Crippen LogP contribution in [0.15, 0.2) is 78.9 Å². The molecule has 0 radical (unpaired) electrons. The lowest BCUT2D eigenvalue weighted by Gasteiger charge is -2.24. The molecule has 3 aromatic rings. The van der Waals surface area contributed by atoms with Crippen LogP contribution in [0.3, 0.4) is 0 Å². The largest absolute Gasteiger partial charge is 0.497 e. The Bertz CT molecular complexity index is 1030. The van der Waals surface area contributed by atoms with Crippen LogP contribution in [-0.2, 0) is 11.3 Å². The van der Waals surface area contributed by atoms with Crippen molar-refractivity contribution in [3.63, 3.8) is 0 Å². The standard InChI is InChI=1S/C25H24N2O3/c1-30-23-14-12-21(13-15-23)27(18-19-7-3-2-4-8-19)25(29)20-9-5-10-22(17-20)26-16-6-11-24(26)28/h2-5,7-10,12-15,17H,6,11,16,18H2,1H3. The van der Waals surface area contributed by atoms with Crippen LogP contribution >= 0.6 is 0 Å². The van der Waals surface area contributed by atoms with Gasteiger partial charge in [-0.15, -0.1) is 0 Å². The summed E-state index contributed by atoms with van der Waals surface area (Å²) in [6.07, 6.45) is 1.41. The highest BCUT2D eigenvalue weighted by molar-refractivity contribution is 6.07. The van der Waals surface area contributed by atoms with Gasteiger partial charge in [-0.25, -0.2) is 0 Å². The van der Waals surface area contributed by atoms with Gasteiger partial charge in [0.15, 0.2) is 0 Å². The first kappa shape index (κ1) is 19.7. The molecule has 0 spiro atoms. The molecule has 0 aliphatic carbocycles. The number of rotatable bonds is 6. The van der Waals surface area contributed by atoms with E-state index in [1.54, 1.807) is 23.0 Å². The summed E-state index contributed by atoms with van der Waals surface area (Å²) in [5.74, 6) is 0.730. The molecule has 1 aliphatic rings. The van der Waals surface area contributed by atoms with Crippen LogP contribution in [0.4, 0.5) is 11.4 Å². The number of methoxy groups -OCH3 is 1. The van der Waals surface area contributed by atoms with Gasteiger partial charge in [0.25, 0.3) is 5.91 Å². The summed E-state index contributed by atoms with van der Waals surface area (Å²) in [5, 5.41) is 0. The van der Waals surface area contributed by atoms with E-state index in [2.05, 4.69) is 0 Å². The zero-order valence-corrected chi connectivity index (χ0v) is 17.0. The Balaban J connectivity index is 1.67. The number of amides is 2. The molecule has 4 rings (SSSR count). The Morgan fingerprint density at radius 2 is 1.77 bits per heavy atom. The highest BCUT2D eigenvalue weighted by Gasteiger charge is 2.24. The molecule has 1 aliphatic heterocycles. The van der Waals surface area contributed by atoms with Gasteiger partial charge >= 0.3 is 0 Å². The first-order valence-electron chi connectivity index (χ1n) is 10.1. The highest BCUT2D eigenvalue weighted by atomic mass is 16.5. The van der Waals surface area contributed by atoms with E-state index >= 15 is 0 Å². The third kappa shape index (κ3) is 4.20. The van der Waals surface area contributed by atoms with Crippen molar-refractivity contribution in [2.45, 2.75) is 19.4 Å². The molecule has 2 amide bonds. The van der Waals surface area contributed by atoms with E-state index in [-0.39, 0.29) is 11.8 Å².